The van der Waals surface area contributed by atoms with Crippen LogP contribution in [0.1, 0.15) is 16.7 Å². The SMILES string of the molecule is Cc1ccc2c(c1C)OC[C@@H](CO)C2. The molecule has 0 saturated heterocycles. The average molecular weight is 192 g/mol. The number of aliphatic hydroxyl groups excluding tert-OH is 1. The second-order valence-corrected chi connectivity index (χ2v) is 4.06. The first-order chi connectivity index (χ1) is 6.72. The molecule has 0 unspecified atom stereocenters. The monoisotopic (exact) mass is 192 g/mol. The molecule has 0 aliphatic carbocycles. The second-order valence-electron chi connectivity index (χ2n) is 4.06. The summed E-state index contributed by atoms with van der Waals surface area (Å²) in [5.74, 6) is 1.30. The van der Waals surface area contributed by atoms with Gasteiger partial charge < -0.3 is 9.84 Å². The van der Waals surface area contributed by atoms with E-state index < -0.39 is 0 Å². The third-order valence-corrected chi connectivity index (χ3v) is 2.99. The molecule has 1 aromatic rings. The molecule has 1 atom stereocenters. The van der Waals surface area contributed by atoms with Gasteiger partial charge in [-0.05, 0) is 37.0 Å². The van der Waals surface area contributed by atoms with Crippen molar-refractivity contribution in [2.75, 3.05) is 13.2 Å². The molecule has 1 N–H and O–H groups in total. The Morgan fingerprint density at radius 2 is 2.21 bits per heavy atom. The Morgan fingerprint density at radius 1 is 1.43 bits per heavy atom. The highest BCUT2D eigenvalue weighted by atomic mass is 16.5. The Bertz CT molecular complexity index is 344. The maximum absolute atomic E-state index is 9.06. The van der Waals surface area contributed by atoms with Crippen LogP contribution in [0.15, 0.2) is 12.1 Å². The van der Waals surface area contributed by atoms with Crippen LogP contribution >= 0.6 is 0 Å². The number of benzene rings is 1. The zero-order valence-corrected chi connectivity index (χ0v) is 8.71. The fourth-order valence-electron chi connectivity index (χ4n) is 1.90. The molecule has 0 bridgehead atoms. The van der Waals surface area contributed by atoms with Crippen LogP contribution in [0, 0.1) is 19.8 Å². The Morgan fingerprint density at radius 3 is 2.93 bits per heavy atom. The first-order valence-corrected chi connectivity index (χ1v) is 5.05. The smallest absolute Gasteiger partial charge is 0.125 e. The van der Waals surface area contributed by atoms with Gasteiger partial charge >= 0.3 is 0 Å². The zero-order valence-electron chi connectivity index (χ0n) is 8.71. The van der Waals surface area contributed by atoms with Crippen LogP contribution in [0.4, 0.5) is 0 Å². The molecule has 14 heavy (non-hydrogen) atoms. The number of ether oxygens (including phenoxy) is 1. The number of aryl methyl sites for hydroxylation is 1. The molecule has 0 aromatic heterocycles. The van der Waals surface area contributed by atoms with Crippen molar-refractivity contribution >= 4 is 0 Å². The predicted octanol–water partition coefficient (Wildman–Crippen LogP) is 1.85. The van der Waals surface area contributed by atoms with Crippen LogP contribution in [0.5, 0.6) is 5.75 Å². The summed E-state index contributed by atoms with van der Waals surface area (Å²) in [6, 6.07) is 4.23. The minimum Gasteiger partial charge on any atom is -0.493 e. The van der Waals surface area contributed by atoms with E-state index in [-0.39, 0.29) is 12.5 Å². The number of aliphatic hydroxyl groups is 1. The van der Waals surface area contributed by atoms with Crippen LogP contribution in [-0.2, 0) is 6.42 Å². The van der Waals surface area contributed by atoms with Gasteiger partial charge in [-0.3, -0.25) is 0 Å². The van der Waals surface area contributed by atoms with Gasteiger partial charge in [-0.1, -0.05) is 12.1 Å². The van der Waals surface area contributed by atoms with Gasteiger partial charge in [0.25, 0.3) is 0 Å². The van der Waals surface area contributed by atoms with E-state index in [0.29, 0.717) is 6.61 Å². The van der Waals surface area contributed by atoms with E-state index >= 15 is 0 Å². The molecular weight excluding hydrogens is 176 g/mol. The fourth-order valence-corrected chi connectivity index (χ4v) is 1.90. The van der Waals surface area contributed by atoms with Gasteiger partial charge in [0, 0.05) is 12.5 Å². The van der Waals surface area contributed by atoms with Crippen molar-refractivity contribution in [3.8, 4) is 5.75 Å². The molecular formula is C12H16O2. The third-order valence-electron chi connectivity index (χ3n) is 2.99. The molecule has 76 valence electrons. The number of hydrogen-bond donors (Lipinski definition) is 1. The fraction of sp³-hybridized carbons (Fsp3) is 0.500. The first kappa shape index (κ1) is 9.53. The van der Waals surface area contributed by atoms with Gasteiger partial charge in [-0.15, -0.1) is 0 Å². The summed E-state index contributed by atoms with van der Waals surface area (Å²) in [6.07, 6.45) is 0.937. The summed E-state index contributed by atoms with van der Waals surface area (Å²) in [4.78, 5) is 0. The van der Waals surface area contributed by atoms with E-state index in [1.54, 1.807) is 0 Å². The van der Waals surface area contributed by atoms with Gasteiger partial charge in [-0.25, -0.2) is 0 Å². The van der Waals surface area contributed by atoms with Crippen molar-refractivity contribution in [1.29, 1.82) is 0 Å². The second kappa shape index (κ2) is 3.62. The molecule has 0 spiro atoms. The van der Waals surface area contributed by atoms with Gasteiger partial charge in [0.1, 0.15) is 5.75 Å². The van der Waals surface area contributed by atoms with Crippen LogP contribution in [0.25, 0.3) is 0 Å². The summed E-state index contributed by atoms with van der Waals surface area (Å²) >= 11 is 0. The maximum atomic E-state index is 9.06. The first-order valence-electron chi connectivity index (χ1n) is 5.05. The number of rotatable bonds is 1. The Balaban J connectivity index is 2.36. The minimum absolute atomic E-state index is 0.215. The van der Waals surface area contributed by atoms with Gasteiger partial charge in [-0.2, -0.15) is 0 Å². The lowest BCUT2D eigenvalue weighted by molar-refractivity contribution is 0.146. The van der Waals surface area contributed by atoms with E-state index in [4.69, 9.17) is 9.84 Å². The standard InChI is InChI=1S/C12H16O2/c1-8-3-4-11-5-10(6-13)7-14-12(11)9(8)2/h3-4,10,13H,5-7H2,1-2H3/t10-/m1/s1. The molecule has 1 heterocycles. The molecule has 2 rings (SSSR count). The number of fused-ring (bicyclic) bond motifs is 1. The zero-order chi connectivity index (χ0) is 10.1. The lowest BCUT2D eigenvalue weighted by Crippen LogP contribution is -2.24. The lowest BCUT2D eigenvalue weighted by Gasteiger charge is -2.25. The van der Waals surface area contributed by atoms with E-state index in [0.717, 1.165) is 12.2 Å². The van der Waals surface area contributed by atoms with Crippen LogP contribution in [0.2, 0.25) is 0 Å². The van der Waals surface area contributed by atoms with Crippen molar-refractivity contribution in [2.24, 2.45) is 5.92 Å². The average Bonchev–Trinajstić information content (AvgIpc) is 2.23. The largest absolute Gasteiger partial charge is 0.493 e. The van der Waals surface area contributed by atoms with Crippen LogP contribution < -0.4 is 4.74 Å². The quantitative estimate of drug-likeness (QED) is 0.735. The Kier molecular flexibility index (Phi) is 2.46. The Labute approximate surface area is 84.5 Å². The summed E-state index contributed by atoms with van der Waals surface area (Å²) in [7, 11) is 0. The molecule has 2 heteroatoms. The highest BCUT2D eigenvalue weighted by molar-refractivity contribution is 5.46. The van der Waals surface area contributed by atoms with E-state index in [1.165, 1.54) is 16.7 Å². The van der Waals surface area contributed by atoms with E-state index in [9.17, 15) is 0 Å². The van der Waals surface area contributed by atoms with Crippen molar-refractivity contribution < 1.29 is 9.84 Å². The summed E-state index contributed by atoms with van der Waals surface area (Å²) in [5.41, 5.74) is 3.74. The normalized spacial score (nSPS) is 20.1. The van der Waals surface area contributed by atoms with E-state index in [2.05, 4.69) is 26.0 Å². The topological polar surface area (TPSA) is 29.5 Å². The van der Waals surface area contributed by atoms with Crippen molar-refractivity contribution in [2.45, 2.75) is 20.3 Å². The van der Waals surface area contributed by atoms with Gasteiger partial charge in [0.15, 0.2) is 0 Å². The van der Waals surface area contributed by atoms with Crippen molar-refractivity contribution in [3.63, 3.8) is 0 Å². The van der Waals surface area contributed by atoms with Gasteiger partial charge in [0.2, 0.25) is 0 Å². The lowest BCUT2D eigenvalue weighted by atomic mass is 9.94. The van der Waals surface area contributed by atoms with Crippen molar-refractivity contribution in [1.82, 2.24) is 0 Å². The summed E-state index contributed by atoms with van der Waals surface area (Å²) < 4.78 is 5.68. The number of hydrogen-bond acceptors (Lipinski definition) is 2. The maximum Gasteiger partial charge on any atom is 0.125 e. The molecule has 2 nitrogen and oxygen atoms in total. The highest BCUT2D eigenvalue weighted by Crippen LogP contribution is 2.32. The van der Waals surface area contributed by atoms with Crippen LogP contribution in [0.3, 0.4) is 0 Å². The van der Waals surface area contributed by atoms with E-state index in [1.807, 2.05) is 0 Å². The molecule has 0 radical (unpaired) electrons. The highest BCUT2D eigenvalue weighted by Gasteiger charge is 2.20. The molecule has 0 amide bonds. The molecule has 0 fully saturated rings. The summed E-state index contributed by atoms with van der Waals surface area (Å²) in [6.45, 7) is 5.05. The Hall–Kier alpha value is -1.02. The third kappa shape index (κ3) is 1.50. The molecule has 0 saturated carbocycles. The minimum atomic E-state index is 0.215. The van der Waals surface area contributed by atoms with Gasteiger partial charge in [0.05, 0.1) is 6.61 Å². The molecule has 1 aromatic carbocycles. The molecule has 1 aliphatic rings. The molecule has 1 aliphatic heterocycles. The predicted molar refractivity (Wildman–Crippen MR) is 55.7 cm³/mol. The van der Waals surface area contributed by atoms with Crippen molar-refractivity contribution in [3.05, 3.63) is 28.8 Å². The van der Waals surface area contributed by atoms with Crippen LogP contribution in [-0.4, -0.2) is 18.3 Å². The summed E-state index contributed by atoms with van der Waals surface area (Å²) in [5, 5.41) is 9.06.